The molecule has 2 rings (SSSR count). The van der Waals surface area contributed by atoms with E-state index in [9.17, 15) is 4.79 Å². The van der Waals surface area contributed by atoms with Gasteiger partial charge in [0.25, 0.3) is 0 Å². The highest BCUT2D eigenvalue weighted by Gasteiger charge is 2.09. The van der Waals surface area contributed by atoms with Gasteiger partial charge in [-0.3, -0.25) is 0 Å². The zero-order chi connectivity index (χ0) is 11.5. The third-order valence-electron chi connectivity index (χ3n) is 2.15. The fourth-order valence-corrected chi connectivity index (χ4v) is 1.82. The molecule has 0 saturated heterocycles. The maximum absolute atomic E-state index is 10.4. The Morgan fingerprint density at radius 1 is 1.50 bits per heavy atom. The standard InChI is InChI=1S/C12H9BrO3/c13-10-2-3-11-9(6-10)5-8(7-16-11)1-4-12(14)15/h1-6H,7H2,(H,14,15). The van der Waals surface area contributed by atoms with Crippen molar-refractivity contribution in [2.45, 2.75) is 0 Å². The summed E-state index contributed by atoms with van der Waals surface area (Å²) in [5, 5.41) is 8.52. The fourth-order valence-electron chi connectivity index (χ4n) is 1.44. The predicted molar refractivity (Wildman–Crippen MR) is 64.4 cm³/mol. The Morgan fingerprint density at radius 2 is 2.31 bits per heavy atom. The summed E-state index contributed by atoms with van der Waals surface area (Å²) in [4.78, 5) is 10.4. The molecule has 0 radical (unpaired) electrons. The number of hydrogen-bond acceptors (Lipinski definition) is 2. The van der Waals surface area contributed by atoms with Crippen molar-refractivity contribution >= 4 is 28.0 Å². The van der Waals surface area contributed by atoms with Crippen molar-refractivity contribution in [3.8, 4) is 5.75 Å². The number of carbonyl (C=O) groups is 1. The molecular formula is C12H9BrO3. The van der Waals surface area contributed by atoms with Crippen LogP contribution in [0.2, 0.25) is 0 Å². The minimum Gasteiger partial charge on any atom is -0.488 e. The maximum atomic E-state index is 10.4. The summed E-state index contributed by atoms with van der Waals surface area (Å²) in [7, 11) is 0. The summed E-state index contributed by atoms with van der Waals surface area (Å²) in [6.07, 6.45) is 4.58. The van der Waals surface area contributed by atoms with Crippen LogP contribution in [0.4, 0.5) is 0 Å². The number of aliphatic carboxylic acids is 1. The Kier molecular flexibility index (Phi) is 3.10. The highest BCUT2D eigenvalue weighted by atomic mass is 79.9. The second-order valence-electron chi connectivity index (χ2n) is 3.36. The fraction of sp³-hybridized carbons (Fsp3) is 0.0833. The zero-order valence-corrected chi connectivity index (χ0v) is 9.90. The lowest BCUT2D eigenvalue weighted by atomic mass is 10.1. The second kappa shape index (κ2) is 4.53. The van der Waals surface area contributed by atoms with Gasteiger partial charge >= 0.3 is 5.97 Å². The molecule has 0 saturated carbocycles. The van der Waals surface area contributed by atoms with Crippen molar-refractivity contribution in [2.24, 2.45) is 0 Å². The van der Waals surface area contributed by atoms with Crippen molar-refractivity contribution in [1.29, 1.82) is 0 Å². The van der Waals surface area contributed by atoms with Gasteiger partial charge in [-0.1, -0.05) is 15.9 Å². The Labute approximate surface area is 101 Å². The van der Waals surface area contributed by atoms with Crippen LogP contribution in [0.5, 0.6) is 5.75 Å². The SMILES string of the molecule is O=C(O)C=CC1=Cc2cc(Br)ccc2OC1. The van der Waals surface area contributed by atoms with Crippen LogP contribution in [0.3, 0.4) is 0 Å². The summed E-state index contributed by atoms with van der Waals surface area (Å²) >= 11 is 3.38. The molecule has 1 aliphatic heterocycles. The molecule has 82 valence electrons. The topological polar surface area (TPSA) is 46.5 Å². The summed E-state index contributed by atoms with van der Waals surface area (Å²) in [6, 6.07) is 5.72. The molecule has 0 spiro atoms. The molecule has 1 aromatic rings. The van der Waals surface area contributed by atoms with Gasteiger partial charge in [-0.15, -0.1) is 0 Å². The summed E-state index contributed by atoms with van der Waals surface area (Å²) < 4.78 is 6.46. The minimum absolute atomic E-state index is 0.401. The van der Waals surface area contributed by atoms with Crippen LogP contribution in [-0.2, 0) is 4.79 Å². The van der Waals surface area contributed by atoms with E-state index >= 15 is 0 Å². The van der Waals surface area contributed by atoms with Gasteiger partial charge in [-0.05, 0) is 35.9 Å². The van der Waals surface area contributed by atoms with Crippen LogP contribution in [0.25, 0.3) is 6.08 Å². The first-order valence-corrected chi connectivity index (χ1v) is 5.48. The molecule has 1 aromatic carbocycles. The Balaban J connectivity index is 2.30. The number of ether oxygens (including phenoxy) is 1. The number of carboxylic acids is 1. The van der Waals surface area contributed by atoms with Gasteiger partial charge < -0.3 is 9.84 Å². The van der Waals surface area contributed by atoms with Crippen molar-refractivity contribution in [3.05, 3.63) is 46.0 Å². The van der Waals surface area contributed by atoms with Crippen LogP contribution in [0, 0.1) is 0 Å². The Bertz CT molecular complexity index is 489. The first-order chi connectivity index (χ1) is 7.65. The molecule has 0 aliphatic carbocycles. The maximum Gasteiger partial charge on any atom is 0.328 e. The molecule has 0 atom stereocenters. The highest BCUT2D eigenvalue weighted by Crippen LogP contribution is 2.29. The average molecular weight is 281 g/mol. The van der Waals surface area contributed by atoms with Crippen LogP contribution >= 0.6 is 15.9 Å². The molecule has 3 nitrogen and oxygen atoms in total. The van der Waals surface area contributed by atoms with Gasteiger partial charge in [0.1, 0.15) is 12.4 Å². The number of carboxylic acid groups (broad SMARTS) is 1. The third-order valence-corrected chi connectivity index (χ3v) is 2.64. The van der Waals surface area contributed by atoms with E-state index in [-0.39, 0.29) is 0 Å². The first kappa shape index (κ1) is 11.0. The van der Waals surface area contributed by atoms with Gasteiger partial charge in [0.15, 0.2) is 0 Å². The van der Waals surface area contributed by atoms with E-state index in [1.807, 2.05) is 24.3 Å². The number of benzene rings is 1. The summed E-state index contributed by atoms with van der Waals surface area (Å²) in [6.45, 7) is 0.401. The number of halogens is 1. The smallest absolute Gasteiger partial charge is 0.328 e. The second-order valence-corrected chi connectivity index (χ2v) is 4.28. The molecule has 0 fully saturated rings. The molecule has 4 heteroatoms. The van der Waals surface area contributed by atoms with Crippen molar-refractivity contribution in [3.63, 3.8) is 0 Å². The van der Waals surface area contributed by atoms with Gasteiger partial charge in [0.05, 0.1) is 0 Å². The lowest BCUT2D eigenvalue weighted by molar-refractivity contribution is -0.131. The largest absolute Gasteiger partial charge is 0.488 e. The normalized spacial score (nSPS) is 14.2. The summed E-state index contributed by atoms with van der Waals surface area (Å²) in [5.41, 5.74) is 1.79. The lowest BCUT2D eigenvalue weighted by Gasteiger charge is -2.16. The first-order valence-electron chi connectivity index (χ1n) is 4.69. The van der Waals surface area contributed by atoms with Crippen molar-refractivity contribution < 1.29 is 14.6 Å². The van der Waals surface area contributed by atoms with Crippen LogP contribution in [0.15, 0.2) is 40.4 Å². The van der Waals surface area contributed by atoms with Crippen LogP contribution in [-0.4, -0.2) is 17.7 Å². The predicted octanol–water partition coefficient (Wildman–Crippen LogP) is 2.87. The number of rotatable bonds is 2. The van der Waals surface area contributed by atoms with Crippen LogP contribution < -0.4 is 4.74 Å². The molecule has 1 aliphatic rings. The average Bonchev–Trinajstić information content (AvgIpc) is 2.25. The zero-order valence-electron chi connectivity index (χ0n) is 8.31. The highest BCUT2D eigenvalue weighted by molar-refractivity contribution is 9.10. The van der Waals surface area contributed by atoms with E-state index in [1.165, 1.54) is 0 Å². The van der Waals surface area contributed by atoms with Crippen molar-refractivity contribution in [2.75, 3.05) is 6.61 Å². The van der Waals surface area contributed by atoms with Crippen molar-refractivity contribution in [1.82, 2.24) is 0 Å². The van der Waals surface area contributed by atoms with Gasteiger partial charge in [0, 0.05) is 16.1 Å². The third kappa shape index (κ3) is 2.52. The number of hydrogen-bond donors (Lipinski definition) is 1. The van der Waals surface area contributed by atoms with E-state index in [0.29, 0.717) is 6.61 Å². The molecule has 1 heterocycles. The lowest BCUT2D eigenvalue weighted by Crippen LogP contribution is -2.06. The quantitative estimate of drug-likeness (QED) is 0.848. The minimum atomic E-state index is -0.957. The van der Waals surface area contributed by atoms with Gasteiger partial charge in [-0.25, -0.2) is 4.79 Å². The van der Waals surface area contributed by atoms with E-state index in [0.717, 1.165) is 27.4 Å². The van der Waals surface area contributed by atoms with E-state index < -0.39 is 5.97 Å². The molecule has 0 amide bonds. The molecule has 0 unspecified atom stereocenters. The Morgan fingerprint density at radius 3 is 3.06 bits per heavy atom. The molecule has 1 N–H and O–H groups in total. The number of fused-ring (bicyclic) bond motifs is 1. The molecular weight excluding hydrogens is 272 g/mol. The van der Waals surface area contributed by atoms with Crippen LogP contribution in [0.1, 0.15) is 5.56 Å². The Hall–Kier alpha value is -1.55. The molecule has 0 aromatic heterocycles. The van der Waals surface area contributed by atoms with Gasteiger partial charge in [-0.2, -0.15) is 0 Å². The molecule has 16 heavy (non-hydrogen) atoms. The van der Waals surface area contributed by atoms with E-state index in [2.05, 4.69) is 15.9 Å². The molecule has 0 bridgehead atoms. The monoisotopic (exact) mass is 280 g/mol. The van der Waals surface area contributed by atoms with E-state index in [1.54, 1.807) is 6.08 Å². The van der Waals surface area contributed by atoms with E-state index in [4.69, 9.17) is 9.84 Å². The van der Waals surface area contributed by atoms with Gasteiger partial charge in [0.2, 0.25) is 0 Å². The summed E-state index contributed by atoms with van der Waals surface area (Å²) in [5.74, 6) is -0.142.